The van der Waals surface area contributed by atoms with E-state index in [-0.39, 0.29) is 18.4 Å². The summed E-state index contributed by atoms with van der Waals surface area (Å²) in [6.45, 7) is 6.31. The fourth-order valence-corrected chi connectivity index (χ4v) is 1.41. The topological polar surface area (TPSA) is 70.2 Å². The molecule has 1 fully saturated rings. The van der Waals surface area contributed by atoms with E-state index in [0.29, 0.717) is 12.6 Å². The number of likely N-dealkylation sites (N-methyl/N-ethyl adjacent to an activating group) is 1. The molecule has 92 valence electrons. The van der Waals surface area contributed by atoms with Gasteiger partial charge in [-0.25, -0.2) is 0 Å². The minimum atomic E-state index is -0.630. The Bertz CT molecular complexity index is 272. The van der Waals surface area contributed by atoms with E-state index in [1.54, 1.807) is 13.8 Å². The van der Waals surface area contributed by atoms with Crippen LogP contribution in [0, 0.1) is 0 Å². The van der Waals surface area contributed by atoms with Gasteiger partial charge in [0.25, 0.3) is 0 Å². The highest BCUT2D eigenvalue weighted by Gasteiger charge is 2.27. The van der Waals surface area contributed by atoms with Crippen molar-refractivity contribution in [2.24, 2.45) is 0 Å². The average Bonchev–Trinajstić information content (AvgIpc) is 2.97. The Morgan fingerprint density at radius 3 is 2.44 bits per heavy atom. The van der Waals surface area contributed by atoms with Crippen molar-refractivity contribution in [1.29, 1.82) is 0 Å². The first-order valence-corrected chi connectivity index (χ1v) is 5.78. The predicted octanol–water partition coefficient (Wildman–Crippen LogP) is -0.231. The van der Waals surface area contributed by atoms with Crippen molar-refractivity contribution in [1.82, 2.24) is 16.0 Å². The van der Waals surface area contributed by atoms with Crippen molar-refractivity contribution in [2.75, 3.05) is 13.1 Å². The Labute approximate surface area is 96.4 Å². The number of carbonyl (C=O) groups is 2. The Morgan fingerprint density at radius 1 is 1.31 bits per heavy atom. The molecule has 0 atom stereocenters. The van der Waals surface area contributed by atoms with Gasteiger partial charge in [0.2, 0.25) is 11.8 Å². The average molecular weight is 227 g/mol. The molecule has 0 radical (unpaired) electrons. The zero-order valence-corrected chi connectivity index (χ0v) is 10.2. The summed E-state index contributed by atoms with van der Waals surface area (Å²) < 4.78 is 0. The monoisotopic (exact) mass is 227 g/mol. The second kappa shape index (κ2) is 5.30. The van der Waals surface area contributed by atoms with Crippen LogP contribution in [0.15, 0.2) is 0 Å². The Balaban J connectivity index is 2.24. The van der Waals surface area contributed by atoms with Crippen LogP contribution in [0.5, 0.6) is 0 Å². The number of hydrogen-bond acceptors (Lipinski definition) is 3. The molecule has 1 rings (SSSR count). The molecular formula is C11H21N3O2. The van der Waals surface area contributed by atoms with Gasteiger partial charge in [-0.15, -0.1) is 0 Å². The molecule has 0 aliphatic heterocycles. The van der Waals surface area contributed by atoms with E-state index >= 15 is 0 Å². The number of rotatable bonds is 6. The van der Waals surface area contributed by atoms with Crippen LogP contribution in [0.25, 0.3) is 0 Å². The lowest BCUT2D eigenvalue weighted by Crippen LogP contribution is -2.54. The summed E-state index contributed by atoms with van der Waals surface area (Å²) in [4.78, 5) is 23.0. The normalized spacial score (nSPS) is 15.7. The minimum absolute atomic E-state index is 0.0597. The van der Waals surface area contributed by atoms with Crippen molar-refractivity contribution < 1.29 is 9.59 Å². The van der Waals surface area contributed by atoms with Crippen LogP contribution >= 0.6 is 0 Å². The van der Waals surface area contributed by atoms with Gasteiger partial charge in [0.05, 0.1) is 12.1 Å². The molecule has 1 aliphatic rings. The Morgan fingerprint density at radius 2 is 1.94 bits per heavy atom. The third-order valence-corrected chi connectivity index (χ3v) is 2.54. The molecule has 0 aromatic carbocycles. The van der Waals surface area contributed by atoms with Crippen molar-refractivity contribution in [3.63, 3.8) is 0 Å². The molecule has 0 unspecified atom stereocenters. The first kappa shape index (κ1) is 13.0. The van der Waals surface area contributed by atoms with E-state index in [9.17, 15) is 9.59 Å². The van der Waals surface area contributed by atoms with Crippen LogP contribution < -0.4 is 16.0 Å². The summed E-state index contributed by atoms with van der Waals surface area (Å²) in [5.74, 6) is -0.261. The van der Waals surface area contributed by atoms with E-state index in [0.717, 1.165) is 12.8 Å². The second-order valence-electron chi connectivity index (χ2n) is 4.68. The van der Waals surface area contributed by atoms with Gasteiger partial charge in [0.15, 0.2) is 0 Å². The largest absolute Gasteiger partial charge is 0.352 e. The molecular weight excluding hydrogens is 206 g/mol. The van der Waals surface area contributed by atoms with Crippen molar-refractivity contribution in [3.05, 3.63) is 0 Å². The summed E-state index contributed by atoms with van der Waals surface area (Å²) in [6.07, 6.45) is 2.12. The van der Waals surface area contributed by atoms with E-state index in [2.05, 4.69) is 16.0 Å². The quantitative estimate of drug-likeness (QED) is 0.587. The SMILES string of the molecule is CCNC(C)(C)C(=O)NCC(=O)NC1CC1. The van der Waals surface area contributed by atoms with Crippen molar-refractivity contribution in [2.45, 2.75) is 45.2 Å². The smallest absolute Gasteiger partial charge is 0.240 e. The van der Waals surface area contributed by atoms with Crippen molar-refractivity contribution >= 4 is 11.8 Å². The van der Waals surface area contributed by atoms with Crippen LogP contribution in [-0.2, 0) is 9.59 Å². The first-order valence-electron chi connectivity index (χ1n) is 5.78. The van der Waals surface area contributed by atoms with Crippen molar-refractivity contribution in [3.8, 4) is 0 Å². The van der Waals surface area contributed by atoms with Gasteiger partial charge in [0, 0.05) is 6.04 Å². The third kappa shape index (κ3) is 4.18. The van der Waals surface area contributed by atoms with E-state index < -0.39 is 5.54 Å². The second-order valence-corrected chi connectivity index (χ2v) is 4.68. The standard InChI is InChI=1S/C11H21N3O2/c1-4-13-11(2,3)10(16)12-7-9(15)14-8-5-6-8/h8,13H,4-7H2,1-3H3,(H,12,16)(H,14,15). The van der Waals surface area contributed by atoms with Gasteiger partial charge in [-0.05, 0) is 33.2 Å². The maximum absolute atomic E-state index is 11.7. The molecule has 3 N–H and O–H groups in total. The highest BCUT2D eigenvalue weighted by molar-refractivity contribution is 5.89. The molecule has 0 aromatic heterocycles. The lowest BCUT2D eigenvalue weighted by Gasteiger charge is -2.24. The summed E-state index contributed by atoms with van der Waals surface area (Å²) in [5.41, 5.74) is -0.630. The van der Waals surface area contributed by atoms with Gasteiger partial charge < -0.3 is 16.0 Å². The summed E-state index contributed by atoms with van der Waals surface area (Å²) >= 11 is 0. The molecule has 0 saturated heterocycles. The first-order chi connectivity index (χ1) is 7.45. The van der Waals surface area contributed by atoms with E-state index in [4.69, 9.17) is 0 Å². The molecule has 2 amide bonds. The molecule has 16 heavy (non-hydrogen) atoms. The molecule has 5 nitrogen and oxygen atoms in total. The van der Waals surface area contributed by atoms with Crippen LogP contribution in [0.4, 0.5) is 0 Å². The van der Waals surface area contributed by atoms with E-state index in [1.165, 1.54) is 0 Å². The van der Waals surface area contributed by atoms with Crippen LogP contribution in [0.2, 0.25) is 0 Å². The predicted molar refractivity (Wildman–Crippen MR) is 61.9 cm³/mol. The van der Waals surface area contributed by atoms with Gasteiger partial charge >= 0.3 is 0 Å². The molecule has 5 heteroatoms. The maximum Gasteiger partial charge on any atom is 0.240 e. The zero-order valence-electron chi connectivity index (χ0n) is 10.2. The van der Waals surface area contributed by atoms with Crippen LogP contribution in [-0.4, -0.2) is 36.5 Å². The molecule has 0 spiro atoms. The molecule has 0 bridgehead atoms. The summed E-state index contributed by atoms with van der Waals surface area (Å²) in [5, 5.41) is 8.50. The third-order valence-electron chi connectivity index (χ3n) is 2.54. The summed E-state index contributed by atoms with van der Waals surface area (Å²) in [6, 6.07) is 0.339. The lowest BCUT2D eigenvalue weighted by atomic mass is 10.0. The minimum Gasteiger partial charge on any atom is -0.352 e. The van der Waals surface area contributed by atoms with E-state index in [1.807, 2.05) is 6.92 Å². The number of carbonyl (C=O) groups excluding carboxylic acids is 2. The number of hydrogen-bond donors (Lipinski definition) is 3. The summed E-state index contributed by atoms with van der Waals surface area (Å²) in [7, 11) is 0. The molecule has 1 aliphatic carbocycles. The maximum atomic E-state index is 11.7. The number of amides is 2. The fraction of sp³-hybridized carbons (Fsp3) is 0.818. The van der Waals surface area contributed by atoms with Gasteiger partial charge in [-0.2, -0.15) is 0 Å². The van der Waals surface area contributed by atoms with Gasteiger partial charge in [0.1, 0.15) is 0 Å². The zero-order chi connectivity index (χ0) is 12.2. The Kier molecular flexibility index (Phi) is 4.29. The molecule has 1 saturated carbocycles. The van der Waals surface area contributed by atoms with Gasteiger partial charge in [-0.1, -0.05) is 6.92 Å². The molecule has 0 aromatic rings. The molecule has 0 heterocycles. The van der Waals surface area contributed by atoms with Gasteiger partial charge in [-0.3, -0.25) is 9.59 Å². The Hall–Kier alpha value is -1.10. The lowest BCUT2D eigenvalue weighted by molar-refractivity contribution is -0.129. The highest BCUT2D eigenvalue weighted by Crippen LogP contribution is 2.18. The highest BCUT2D eigenvalue weighted by atomic mass is 16.2. The fourth-order valence-electron chi connectivity index (χ4n) is 1.41. The van der Waals surface area contributed by atoms with Crippen LogP contribution in [0.3, 0.4) is 0 Å². The van der Waals surface area contributed by atoms with Crippen LogP contribution in [0.1, 0.15) is 33.6 Å². The number of nitrogens with one attached hydrogen (secondary N) is 3.